The van der Waals surface area contributed by atoms with Crippen LogP contribution in [0.15, 0.2) is 72.0 Å². The molecule has 29 heavy (non-hydrogen) atoms. The molecule has 2 heterocycles. The second-order valence-electron chi connectivity index (χ2n) is 6.48. The van der Waals surface area contributed by atoms with Gasteiger partial charge in [-0.05, 0) is 24.6 Å². The number of rotatable bonds is 6. The largest absolute Gasteiger partial charge is 0.368 e. The van der Waals surface area contributed by atoms with Gasteiger partial charge in [0.25, 0.3) is 0 Å². The van der Waals surface area contributed by atoms with E-state index in [1.165, 1.54) is 0 Å². The highest BCUT2D eigenvalue weighted by Gasteiger charge is 2.18. The van der Waals surface area contributed by atoms with Gasteiger partial charge in [0.2, 0.25) is 11.9 Å². The smallest absolute Gasteiger partial charge is 0.232 e. The third-order valence-corrected chi connectivity index (χ3v) is 5.52. The molecule has 0 fully saturated rings. The van der Waals surface area contributed by atoms with Crippen LogP contribution >= 0.6 is 11.8 Å². The van der Waals surface area contributed by atoms with Crippen molar-refractivity contribution in [2.45, 2.75) is 17.3 Å². The fourth-order valence-corrected chi connectivity index (χ4v) is 3.78. The summed E-state index contributed by atoms with van der Waals surface area (Å²) >= 11 is 1.58. The van der Waals surface area contributed by atoms with Crippen LogP contribution in [0.5, 0.6) is 0 Å². The lowest BCUT2D eigenvalue weighted by Crippen LogP contribution is -2.08. The Labute approximate surface area is 173 Å². The van der Waals surface area contributed by atoms with Gasteiger partial charge in [0.15, 0.2) is 5.16 Å². The van der Waals surface area contributed by atoms with E-state index in [9.17, 15) is 0 Å². The molecular formula is C21H21N7S. The van der Waals surface area contributed by atoms with Crippen molar-refractivity contribution in [2.24, 2.45) is 7.05 Å². The van der Waals surface area contributed by atoms with Crippen LogP contribution in [0.4, 0.5) is 17.6 Å². The molecule has 8 heteroatoms. The van der Waals surface area contributed by atoms with E-state index < -0.39 is 0 Å². The van der Waals surface area contributed by atoms with Crippen molar-refractivity contribution >= 4 is 29.3 Å². The number of anilines is 3. The fraction of sp³-hybridized carbons (Fsp3) is 0.143. The van der Waals surface area contributed by atoms with Gasteiger partial charge in [0.1, 0.15) is 5.82 Å². The molecule has 4 rings (SSSR count). The molecule has 146 valence electrons. The molecule has 0 radical (unpaired) electrons. The number of benzene rings is 2. The standard InChI is InChI=1S/C21H21N7S/c1-14(29-21-23-13-17(28(21)2)15-9-5-3-6-10-15)18-25-19(22)27-20(26-18)24-16-11-7-4-8-12-16/h3-14H,1-2H3,(H3,22,24,25,26,27). The normalized spacial score (nSPS) is 11.9. The van der Waals surface area contributed by atoms with E-state index in [-0.39, 0.29) is 11.2 Å². The molecule has 0 aliphatic carbocycles. The van der Waals surface area contributed by atoms with Crippen LogP contribution in [0.25, 0.3) is 11.3 Å². The number of hydrogen-bond acceptors (Lipinski definition) is 7. The Bertz CT molecular complexity index is 1100. The summed E-state index contributed by atoms with van der Waals surface area (Å²) in [4.78, 5) is 17.6. The first-order valence-electron chi connectivity index (χ1n) is 9.17. The topological polar surface area (TPSA) is 94.5 Å². The summed E-state index contributed by atoms with van der Waals surface area (Å²) in [6.07, 6.45) is 1.88. The zero-order valence-corrected chi connectivity index (χ0v) is 17.0. The molecule has 3 N–H and O–H groups in total. The van der Waals surface area contributed by atoms with Gasteiger partial charge >= 0.3 is 0 Å². The summed E-state index contributed by atoms with van der Waals surface area (Å²) in [6, 6.07) is 19.9. The Balaban J connectivity index is 1.54. The molecule has 4 aromatic rings. The van der Waals surface area contributed by atoms with Crippen molar-refractivity contribution in [1.82, 2.24) is 24.5 Å². The second kappa shape index (κ2) is 8.32. The van der Waals surface area contributed by atoms with Crippen molar-refractivity contribution in [2.75, 3.05) is 11.1 Å². The lowest BCUT2D eigenvalue weighted by Gasteiger charge is -2.12. The summed E-state index contributed by atoms with van der Waals surface area (Å²) < 4.78 is 2.07. The first kappa shape index (κ1) is 18.9. The van der Waals surface area contributed by atoms with E-state index in [1.807, 2.05) is 68.7 Å². The lowest BCUT2D eigenvalue weighted by molar-refractivity contribution is 0.788. The lowest BCUT2D eigenvalue weighted by atomic mass is 10.2. The molecule has 0 amide bonds. The molecule has 1 atom stereocenters. The van der Waals surface area contributed by atoms with Crippen molar-refractivity contribution in [3.05, 3.63) is 72.7 Å². The molecule has 1 unspecified atom stereocenters. The number of aromatic nitrogens is 5. The van der Waals surface area contributed by atoms with Gasteiger partial charge in [-0.1, -0.05) is 60.3 Å². The number of nitrogens with two attached hydrogens (primary N) is 1. The third-order valence-electron chi connectivity index (χ3n) is 4.36. The molecule has 0 aliphatic heterocycles. The Morgan fingerprint density at radius 3 is 2.38 bits per heavy atom. The van der Waals surface area contributed by atoms with Gasteiger partial charge in [-0.3, -0.25) is 0 Å². The highest BCUT2D eigenvalue weighted by atomic mass is 32.2. The predicted molar refractivity (Wildman–Crippen MR) is 117 cm³/mol. The molecule has 7 nitrogen and oxygen atoms in total. The number of nitrogens with zero attached hydrogens (tertiary/aromatic N) is 5. The van der Waals surface area contributed by atoms with Crippen LogP contribution in [-0.2, 0) is 7.05 Å². The van der Waals surface area contributed by atoms with Gasteiger partial charge in [-0.25, -0.2) is 4.98 Å². The molecule has 0 bridgehead atoms. The summed E-state index contributed by atoms with van der Waals surface area (Å²) in [5.41, 5.74) is 8.99. The third kappa shape index (κ3) is 4.38. The van der Waals surface area contributed by atoms with Crippen LogP contribution in [-0.4, -0.2) is 24.5 Å². The minimum Gasteiger partial charge on any atom is -0.368 e. The molecular weight excluding hydrogens is 382 g/mol. The van der Waals surface area contributed by atoms with Gasteiger partial charge in [-0.2, -0.15) is 15.0 Å². The molecule has 2 aromatic carbocycles. The van der Waals surface area contributed by atoms with Gasteiger partial charge in [0, 0.05) is 12.7 Å². The highest BCUT2D eigenvalue weighted by Crippen LogP contribution is 2.34. The molecule has 0 spiro atoms. The minimum absolute atomic E-state index is 0.0543. The average molecular weight is 404 g/mol. The SMILES string of the molecule is CC(Sc1ncc(-c2ccccc2)n1C)c1nc(N)nc(Nc2ccccc2)n1. The first-order chi connectivity index (χ1) is 14.1. The number of hydrogen-bond donors (Lipinski definition) is 2. The summed E-state index contributed by atoms with van der Waals surface area (Å²) in [5.74, 6) is 1.21. The second-order valence-corrected chi connectivity index (χ2v) is 7.79. The molecule has 2 aromatic heterocycles. The Morgan fingerprint density at radius 2 is 1.66 bits per heavy atom. The Kier molecular flexibility index (Phi) is 5.44. The fourth-order valence-electron chi connectivity index (χ4n) is 2.89. The number of thioether (sulfide) groups is 1. The van der Waals surface area contributed by atoms with Crippen LogP contribution in [0.1, 0.15) is 18.0 Å². The monoisotopic (exact) mass is 403 g/mol. The van der Waals surface area contributed by atoms with Crippen molar-refractivity contribution < 1.29 is 0 Å². The highest BCUT2D eigenvalue weighted by molar-refractivity contribution is 7.99. The maximum absolute atomic E-state index is 5.92. The van der Waals surface area contributed by atoms with Crippen LogP contribution in [0.2, 0.25) is 0 Å². The van der Waals surface area contributed by atoms with Gasteiger partial charge in [-0.15, -0.1) is 0 Å². The van der Waals surface area contributed by atoms with E-state index in [2.05, 4.69) is 42.0 Å². The number of imidazole rings is 1. The van der Waals surface area contributed by atoms with Gasteiger partial charge < -0.3 is 15.6 Å². The molecule has 0 saturated carbocycles. The predicted octanol–water partition coefficient (Wildman–Crippen LogP) is 4.45. The van der Waals surface area contributed by atoms with Gasteiger partial charge in [0.05, 0.1) is 17.1 Å². The number of nitrogen functional groups attached to an aromatic ring is 1. The summed E-state index contributed by atoms with van der Waals surface area (Å²) in [6.45, 7) is 2.03. The zero-order valence-electron chi connectivity index (χ0n) is 16.1. The average Bonchev–Trinajstić information content (AvgIpc) is 3.09. The van der Waals surface area contributed by atoms with Crippen molar-refractivity contribution in [3.63, 3.8) is 0 Å². The summed E-state index contributed by atoms with van der Waals surface area (Å²) in [7, 11) is 2.01. The molecule has 0 aliphatic rings. The van der Waals surface area contributed by atoms with E-state index in [4.69, 9.17) is 5.73 Å². The number of nitrogens with one attached hydrogen (secondary N) is 1. The van der Waals surface area contributed by atoms with E-state index >= 15 is 0 Å². The Hall–Kier alpha value is -3.39. The van der Waals surface area contributed by atoms with Crippen molar-refractivity contribution in [1.29, 1.82) is 0 Å². The van der Waals surface area contributed by atoms with Crippen LogP contribution in [0.3, 0.4) is 0 Å². The van der Waals surface area contributed by atoms with E-state index in [1.54, 1.807) is 11.8 Å². The van der Waals surface area contributed by atoms with Crippen molar-refractivity contribution in [3.8, 4) is 11.3 Å². The van der Waals surface area contributed by atoms with E-state index in [0.717, 1.165) is 22.1 Å². The quantitative estimate of drug-likeness (QED) is 0.459. The van der Waals surface area contributed by atoms with Crippen LogP contribution in [0, 0.1) is 0 Å². The first-order valence-corrected chi connectivity index (χ1v) is 10.1. The Morgan fingerprint density at radius 1 is 0.966 bits per heavy atom. The van der Waals surface area contributed by atoms with Crippen LogP contribution < -0.4 is 11.1 Å². The maximum atomic E-state index is 5.92. The zero-order chi connectivity index (χ0) is 20.2. The van der Waals surface area contributed by atoms with E-state index in [0.29, 0.717) is 11.8 Å². The minimum atomic E-state index is -0.0543. The number of para-hydroxylation sites is 1. The maximum Gasteiger partial charge on any atom is 0.232 e. The molecule has 0 saturated heterocycles. The summed E-state index contributed by atoms with van der Waals surface area (Å²) in [5, 5.41) is 4.00.